The minimum atomic E-state index is -0.285. The van der Waals surface area contributed by atoms with Gasteiger partial charge in [0.15, 0.2) is 5.82 Å². The fourth-order valence-corrected chi connectivity index (χ4v) is 3.07. The summed E-state index contributed by atoms with van der Waals surface area (Å²) < 4.78 is 18.1. The summed E-state index contributed by atoms with van der Waals surface area (Å²) in [6, 6.07) is 7.99. The van der Waals surface area contributed by atoms with Crippen molar-refractivity contribution < 1.29 is 18.5 Å². The van der Waals surface area contributed by atoms with Crippen molar-refractivity contribution in [2.24, 2.45) is 0 Å². The van der Waals surface area contributed by atoms with Gasteiger partial charge < -0.3 is 14.7 Å². The first-order valence-corrected chi connectivity index (χ1v) is 8.97. The highest BCUT2D eigenvalue weighted by Gasteiger charge is 2.22. The zero-order chi connectivity index (χ0) is 19.2. The highest BCUT2D eigenvalue weighted by Crippen LogP contribution is 2.10. The number of aromatic nitrogens is 1. The molecule has 1 N–H and O–H groups in total. The highest BCUT2D eigenvalue weighted by molar-refractivity contribution is 5.91. The summed E-state index contributed by atoms with van der Waals surface area (Å²) in [4.78, 5) is 28.2. The Morgan fingerprint density at radius 2 is 2.00 bits per heavy atom. The molecule has 3 rings (SSSR count). The van der Waals surface area contributed by atoms with Gasteiger partial charge in [0, 0.05) is 38.7 Å². The number of aryl methyl sites for hydroxylation is 2. The van der Waals surface area contributed by atoms with E-state index in [4.69, 9.17) is 4.52 Å². The van der Waals surface area contributed by atoms with Crippen LogP contribution in [0.25, 0.3) is 0 Å². The maximum Gasteiger partial charge on any atom is 0.239 e. The lowest BCUT2D eigenvalue weighted by atomic mass is 10.1. The van der Waals surface area contributed by atoms with E-state index < -0.39 is 0 Å². The van der Waals surface area contributed by atoms with Crippen molar-refractivity contribution >= 4 is 17.6 Å². The van der Waals surface area contributed by atoms with E-state index in [-0.39, 0.29) is 24.2 Å². The van der Waals surface area contributed by atoms with Crippen molar-refractivity contribution in [1.82, 2.24) is 15.0 Å². The molecule has 2 amide bonds. The molecule has 0 aliphatic carbocycles. The third-order valence-electron chi connectivity index (χ3n) is 4.50. The van der Waals surface area contributed by atoms with Crippen LogP contribution in [0.5, 0.6) is 0 Å². The summed E-state index contributed by atoms with van der Waals surface area (Å²) in [5.74, 6) is 0.655. The van der Waals surface area contributed by atoms with E-state index in [2.05, 4.69) is 10.5 Å². The predicted octanol–water partition coefficient (Wildman–Crippen LogP) is 1.84. The summed E-state index contributed by atoms with van der Waals surface area (Å²) in [6.45, 7) is 4.44. The summed E-state index contributed by atoms with van der Waals surface area (Å²) >= 11 is 0. The number of hydrogen-bond donors (Lipinski definition) is 1. The first-order valence-electron chi connectivity index (χ1n) is 8.97. The minimum Gasteiger partial charge on any atom is -0.360 e. The quantitative estimate of drug-likeness (QED) is 0.835. The van der Waals surface area contributed by atoms with Crippen LogP contribution in [0.15, 0.2) is 34.9 Å². The third-order valence-corrected chi connectivity index (χ3v) is 4.50. The van der Waals surface area contributed by atoms with Gasteiger partial charge in [-0.3, -0.25) is 14.5 Å². The van der Waals surface area contributed by atoms with Gasteiger partial charge in [-0.1, -0.05) is 17.3 Å². The molecule has 2 heterocycles. The SMILES string of the molecule is Cc1cc(NC(=O)CN2CCN(C(=O)CCc3cccc(F)c3)CC2)no1. The number of carbonyl (C=O) groups is 2. The Morgan fingerprint density at radius 1 is 1.22 bits per heavy atom. The van der Waals surface area contributed by atoms with Crippen LogP contribution in [0.3, 0.4) is 0 Å². The summed E-state index contributed by atoms with van der Waals surface area (Å²) in [5, 5.41) is 6.42. The lowest BCUT2D eigenvalue weighted by Crippen LogP contribution is -2.50. The highest BCUT2D eigenvalue weighted by atomic mass is 19.1. The Morgan fingerprint density at radius 3 is 2.67 bits per heavy atom. The van der Waals surface area contributed by atoms with E-state index in [0.29, 0.717) is 50.6 Å². The van der Waals surface area contributed by atoms with Crippen molar-refractivity contribution in [3.8, 4) is 0 Å². The molecule has 0 bridgehead atoms. The minimum absolute atomic E-state index is 0.0569. The van der Waals surface area contributed by atoms with Crippen LogP contribution in [0.2, 0.25) is 0 Å². The van der Waals surface area contributed by atoms with Crippen LogP contribution < -0.4 is 5.32 Å². The summed E-state index contributed by atoms with van der Waals surface area (Å²) in [7, 11) is 0. The molecule has 8 heteroatoms. The second-order valence-electron chi connectivity index (χ2n) is 6.66. The Kier molecular flexibility index (Phi) is 6.18. The number of rotatable bonds is 6. The molecule has 0 spiro atoms. The fourth-order valence-electron chi connectivity index (χ4n) is 3.07. The van der Waals surface area contributed by atoms with Crippen LogP contribution in [0.1, 0.15) is 17.7 Å². The molecule has 0 saturated carbocycles. The second-order valence-corrected chi connectivity index (χ2v) is 6.66. The smallest absolute Gasteiger partial charge is 0.239 e. The van der Waals surface area contributed by atoms with Gasteiger partial charge in [0.05, 0.1) is 6.54 Å². The van der Waals surface area contributed by atoms with E-state index in [1.54, 1.807) is 24.0 Å². The average Bonchev–Trinajstić information content (AvgIpc) is 3.05. The molecular formula is C19H23FN4O3. The monoisotopic (exact) mass is 374 g/mol. The van der Waals surface area contributed by atoms with Gasteiger partial charge in [-0.15, -0.1) is 0 Å². The van der Waals surface area contributed by atoms with E-state index in [0.717, 1.165) is 5.56 Å². The molecule has 144 valence electrons. The molecular weight excluding hydrogens is 351 g/mol. The summed E-state index contributed by atoms with van der Waals surface area (Å²) in [6.07, 6.45) is 0.881. The van der Waals surface area contributed by atoms with Gasteiger partial charge in [-0.25, -0.2) is 4.39 Å². The maximum absolute atomic E-state index is 13.2. The average molecular weight is 374 g/mol. The number of amides is 2. The Hall–Kier alpha value is -2.74. The van der Waals surface area contributed by atoms with Crippen molar-refractivity contribution in [2.75, 3.05) is 38.0 Å². The molecule has 1 aromatic carbocycles. The van der Waals surface area contributed by atoms with E-state index in [9.17, 15) is 14.0 Å². The van der Waals surface area contributed by atoms with E-state index in [1.807, 2.05) is 11.0 Å². The number of nitrogens with zero attached hydrogens (tertiary/aromatic N) is 3. The number of halogens is 1. The molecule has 2 aromatic rings. The topological polar surface area (TPSA) is 78.7 Å². The zero-order valence-corrected chi connectivity index (χ0v) is 15.3. The number of piperazine rings is 1. The Bertz CT molecular complexity index is 800. The second kappa shape index (κ2) is 8.77. The van der Waals surface area contributed by atoms with Gasteiger partial charge in [0.25, 0.3) is 0 Å². The number of carbonyl (C=O) groups excluding carboxylic acids is 2. The van der Waals surface area contributed by atoms with Gasteiger partial charge in [-0.05, 0) is 31.0 Å². The number of hydrogen-bond acceptors (Lipinski definition) is 5. The van der Waals surface area contributed by atoms with Crippen LogP contribution in [0, 0.1) is 12.7 Å². The Balaban J connectivity index is 1.39. The van der Waals surface area contributed by atoms with Crippen LogP contribution >= 0.6 is 0 Å². The number of anilines is 1. The zero-order valence-electron chi connectivity index (χ0n) is 15.3. The normalized spacial score (nSPS) is 15.0. The van der Waals surface area contributed by atoms with Gasteiger partial charge in [0.1, 0.15) is 11.6 Å². The van der Waals surface area contributed by atoms with Crippen molar-refractivity contribution in [3.05, 3.63) is 47.5 Å². The number of nitrogens with one attached hydrogen (secondary N) is 1. The molecule has 1 saturated heterocycles. The summed E-state index contributed by atoms with van der Waals surface area (Å²) in [5.41, 5.74) is 0.821. The standard InChI is InChI=1S/C19H23FN4O3/c1-14-11-17(22-27-14)21-18(25)13-23-7-9-24(10-8-23)19(26)6-5-15-3-2-4-16(20)12-15/h2-4,11-12H,5-10,13H2,1H3,(H,21,22,25). The van der Waals surface area contributed by atoms with Crippen LogP contribution in [-0.2, 0) is 16.0 Å². The maximum atomic E-state index is 13.2. The number of benzene rings is 1. The largest absolute Gasteiger partial charge is 0.360 e. The van der Waals surface area contributed by atoms with E-state index >= 15 is 0 Å². The van der Waals surface area contributed by atoms with Crippen molar-refractivity contribution in [3.63, 3.8) is 0 Å². The molecule has 7 nitrogen and oxygen atoms in total. The lowest BCUT2D eigenvalue weighted by molar-refractivity contribution is -0.133. The molecule has 1 aliphatic rings. The fraction of sp³-hybridized carbons (Fsp3) is 0.421. The van der Waals surface area contributed by atoms with Gasteiger partial charge in [0.2, 0.25) is 11.8 Å². The van der Waals surface area contributed by atoms with Gasteiger partial charge in [-0.2, -0.15) is 0 Å². The molecule has 0 radical (unpaired) electrons. The van der Waals surface area contributed by atoms with Crippen LogP contribution in [0.4, 0.5) is 10.2 Å². The van der Waals surface area contributed by atoms with Gasteiger partial charge >= 0.3 is 0 Å². The van der Waals surface area contributed by atoms with Crippen LogP contribution in [-0.4, -0.2) is 59.5 Å². The molecule has 27 heavy (non-hydrogen) atoms. The molecule has 0 atom stereocenters. The van der Waals surface area contributed by atoms with Crippen molar-refractivity contribution in [1.29, 1.82) is 0 Å². The molecule has 1 aromatic heterocycles. The molecule has 1 aliphatic heterocycles. The van der Waals surface area contributed by atoms with E-state index in [1.165, 1.54) is 12.1 Å². The first kappa shape index (κ1) is 19.0. The lowest BCUT2D eigenvalue weighted by Gasteiger charge is -2.34. The molecule has 1 fully saturated rings. The Labute approximate surface area is 157 Å². The third kappa shape index (κ3) is 5.62. The first-order chi connectivity index (χ1) is 13.0. The van der Waals surface area contributed by atoms with Crippen molar-refractivity contribution in [2.45, 2.75) is 19.8 Å². The molecule has 0 unspecified atom stereocenters. The predicted molar refractivity (Wildman–Crippen MR) is 97.6 cm³/mol.